The van der Waals surface area contributed by atoms with Gasteiger partial charge in [0.15, 0.2) is 0 Å². The Bertz CT molecular complexity index is 1850. The van der Waals surface area contributed by atoms with Crippen LogP contribution in [-0.4, -0.2) is 50.4 Å². The topological polar surface area (TPSA) is 96.0 Å². The van der Waals surface area contributed by atoms with E-state index in [9.17, 15) is 18.0 Å². The SMILES string of the molecule is CCOc1ccccc1N(CC(=O)N(Cc1c(Cl)cccc1Cl)C(Cc1ccccc1)C(=O)NC1CCCCC1)S(=O)(=O)c1ccc(Cl)cc1. The average Bonchev–Trinajstić information content (AvgIpc) is 3.11. The minimum atomic E-state index is -4.36. The van der Waals surface area contributed by atoms with Gasteiger partial charge in [-0.3, -0.25) is 13.9 Å². The van der Waals surface area contributed by atoms with Crippen molar-refractivity contribution in [1.82, 2.24) is 10.2 Å². The van der Waals surface area contributed by atoms with Gasteiger partial charge in [-0.25, -0.2) is 8.42 Å². The van der Waals surface area contributed by atoms with Crippen LogP contribution in [0, 0.1) is 0 Å². The van der Waals surface area contributed by atoms with Gasteiger partial charge in [-0.05, 0) is 73.9 Å². The molecule has 0 heterocycles. The molecular formula is C38H40Cl3N3O5S. The zero-order valence-electron chi connectivity index (χ0n) is 27.7. The third-order valence-electron chi connectivity index (χ3n) is 8.73. The summed E-state index contributed by atoms with van der Waals surface area (Å²) in [5, 5.41) is 4.18. The van der Waals surface area contributed by atoms with Crippen LogP contribution in [0.5, 0.6) is 5.75 Å². The van der Waals surface area contributed by atoms with Gasteiger partial charge in [0, 0.05) is 39.6 Å². The Morgan fingerprint density at radius 2 is 1.48 bits per heavy atom. The van der Waals surface area contributed by atoms with Crippen LogP contribution in [-0.2, 0) is 32.6 Å². The molecule has 1 N–H and O–H groups in total. The van der Waals surface area contributed by atoms with Gasteiger partial charge in [0.25, 0.3) is 10.0 Å². The van der Waals surface area contributed by atoms with Gasteiger partial charge in [0.05, 0.1) is 17.2 Å². The number of anilines is 1. The smallest absolute Gasteiger partial charge is 0.264 e. The lowest BCUT2D eigenvalue weighted by Gasteiger charge is -2.35. The number of carbonyl (C=O) groups is 2. The van der Waals surface area contributed by atoms with E-state index < -0.39 is 28.5 Å². The molecule has 2 amide bonds. The predicted molar refractivity (Wildman–Crippen MR) is 200 cm³/mol. The highest BCUT2D eigenvalue weighted by Crippen LogP contribution is 2.34. The Morgan fingerprint density at radius 1 is 0.840 bits per heavy atom. The van der Waals surface area contributed by atoms with Gasteiger partial charge in [-0.1, -0.05) is 103 Å². The lowest BCUT2D eigenvalue weighted by atomic mass is 9.94. The quantitative estimate of drug-likeness (QED) is 0.140. The van der Waals surface area contributed by atoms with Crippen LogP contribution in [0.3, 0.4) is 0 Å². The van der Waals surface area contributed by atoms with Gasteiger partial charge in [0.2, 0.25) is 11.8 Å². The molecule has 4 aromatic rings. The number of para-hydroxylation sites is 2. The first-order valence-corrected chi connectivity index (χ1v) is 19.2. The molecular weight excluding hydrogens is 717 g/mol. The van der Waals surface area contributed by atoms with Gasteiger partial charge in [-0.2, -0.15) is 0 Å². The summed E-state index contributed by atoms with van der Waals surface area (Å²) in [5.74, 6) is -0.694. The number of nitrogens with zero attached hydrogens (tertiary/aromatic N) is 2. The molecule has 1 fully saturated rings. The van der Waals surface area contributed by atoms with E-state index in [1.54, 1.807) is 49.4 Å². The Balaban J connectivity index is 1.62. The number of halogens is 3. The van der Waals surface area contributed by atoms with Crippen LogP contribution in [0.25, 0.3) is 0 Å². The van der Waals surface area contributed by atoms with E-state index in [1.807, 2.05) is 30.3 Å². The second-order valence-corrected chi connectivity index (χ2v) is 15.3. The highest BCUT2D eigenvalue weighted by molar-refractivity contribution is 7.92. The third-order valence-corrected chi connectivity index (χ3v) is 11.5. The highest BCUT2D eigenvalue weighted by Gasteiger charge is 2.36. The lowest BCUT2D eigenvalue weighted by molar-refractivity contribution is -0.140. The summed E-state index contributed by atoms with van der Waals surface area (Å²) in [6.45, 7) is 1.25. The molecule has 0 saturated heterocycles. The summed E-state index contributed by atoms with van der Waals surface area (Å²) in [5.41, 5.74) is 1.43. The summed E-state index contributed by atoms with van der Waals surface area (Å²) < 4.78 is 35.7. The molecule has 0 radical (unpaired) electrons. The molecule has 264 valence electrons. The molecule has 0 aromatic heterocycles. The summed E-state index contributed by atoms with van der Waals surface area (Å²) >= 11 is 19.4. The van der Waals surface area contributed by atoms with E-state index in [2.05, 4.69) is 5.32 Å². The van der Waals surface area contributed by atoms with Gasteiger partial charge >= 0.3 is 0 Å². The molecule has 5 rings (SSSR count). The number of sulfonamides is 1. The molecule has 0 bridgehead atoms. The van der Waals surface area contributed by atoms with Gasteiger partial charge in [-0.15, -0.1) is 0 Å². The van der Waals surface area contributed by atoms with Crippen molar-refractivity contribution < 1.29 is 22.7 Å². The molecule has 8 nitrogen and oxygen atoms in total. The summed E-state index contributed by atoms with van der Waals surface area (Å²) in [6.07, 6.45) is 4.97. The summed E-state index contributed by atoms with van der Waals surface area (Å²) in [7, 11) is -4.36. The number of carbonyl (C=O) groups excluding carboxylic acids is 2. The van der Waals surface area contributed by atoms with Crippen molar-refractivity contribution in [1.29, 1.82) is 0 Å². The minimum Gasteiger partial charge on any atom is -0.492 e. The number of benzene rings is 4. The molecule has 50 heavy (non-hydrogen) atoms. The Kier molecular flexibility index (Phi) is 13.1. The zero-order chi connectivity index (χ0) is 35.7. The second-order valence-electron chi connectivity index (χ2n) is 12.1. The van der Waals surface area contributed by atoms with Crippen LogP contribution in [0.15, 0.2) is 102 Å². The second kappa shape index (κ2) is 17.4. The Hall–Kier alpha value is -3.76. The molecule has 1 atom stereocenters. The molecule has 1 aliphatic carbocycles. The molecule has 0 spiro atoms. The normalized spacial score (nSPS) is 14.1. The first-order chi connectivity index (χ1) is 24.1. The molecule has 12 heteroatoms. The van der Waals surface area contributed by atoms with Crippen molar-refractivity contribution in [2.75, 3.05) is 17.5 Å². The first-order valence-electron chi connectivity index (χ1n) is 16.6. The van der Waals surface area contributed by atoms with Crippen molar-refractivity contribution in [3.63, 3.8) is 0 Å². The maximum absolute atomic E-state index is 14.9. The van der Waals surface area contributed by atoms with Crippen molar-refractivity contribution in [3.05, 3.63) is 123 Å². The number of rotatable bonds is 14. The number of nitrogens with one attached hydrogen (secondary N) is 1. The number of hydrogen-bond acceptors (Lipinski definition) is 5. The van der Waals surface area contributed by atoms with E-state index in [4.69, 9.17) is 39.5 Å². The van der Waals surface area contributed by atoms with E-state index in [0.717, 1.165) is 42.0 Å². The van der Waals surface area contributed by atoms with E-state index in [-0.39, 0.29) is 47.9 Å². The van der Waals surface area contributed by atoms with Crippen LogP contribution < -0.4 is 14.4 Å². The Labute approximate surface area is 309 Å². The molecule has 1 saturated carbocycles. The number of ether oxygens (including phenoxy) is 1. The van der Waals surface area contributed by atoms with Crippen molar-refractivity contribution in [2.24, 2.45) is 0 Å². The fourth-order valence-corrected chi connectivity index (χ4v) is 8.21. The maximum atomic E-state index is 14.9. The van der Waals surface area contributed by atoms with Crippen molar-refractivity contribution in [3.8, 4) is 5.75 Å². The van der Waals surface area contributed by atoms with E-state index in [1.165, 1.54) is 29.2 Å². The Morgan fingerprint density at radius 3 is 2.14 bits per heavy atom. The fourth-order valence-electron chi connectivity index (χ4n) is 6.14. The first kappa shape index (κ1) is 37.5. The third kappa shape index (κ3) is 9.31. The highest BCUT2D eigenvalue weighted by atomic mass is 35.5. The summed E-state index contributed by atoms with van der Waals surface area (Å²) in [6, 6.07) is 25.7. The lowest BCUT2D eigenvalue weighted by Crippen LogP contribution is -2.55. The van der Waals surface area contributed by atoms with Crippen LogP contribution in [0.1, 0.15) is 50.2 Å². The average molecular weight is 757 g/mol. The molecule has 4 aromatic carbocycles. The fraction of sp³-hybridized carbons (Fsp3) is 0.316. The van der Waals surface area contributed by atoms with E-state index in [0.29, 0.717) is 20.6 Å². The van der Waals surface area contributed by atoms with Gasteiger partial charge < -0.3 is 15.0 Å². The monoisotopic (exact) mass is 755 g/mol. The molecule has 0 aliphatic heterocycles. The predicted octanol–water partition coefficient (Wildman–Crippen LogP) is 8.33. The number of hydrogen-bond donors (Lipinski definition) is 1. The van der Waals surface area contributed by atoms with E-state index >= 15 is 0 Å². The van der Waals surface area contributed by atoms with Crippen molar-refractivity contribution >= 4 is 62.3 Å². The molecule has 1 unspecified atom stereocenters. The maximum Gasteiger partial charge on any atom is 0.264 e. The van der Waals surface area contributed by atoms with Crippen LogP contribution in [0.2, 0.25) is 15.1 Å². The summed E-state index contributed by atoms with van der Waals surface area (Å²) in [4.78, 5) is 30.5. The van der Waals surface area contributed by atoms with Crippen molar-refractivity contribution in [2.45, 2.75) is 69.0 Å². The van der Waals surface area contributed by atoms with Crippen LogP contribution in [0.4, 0.5) is 5.69 Å². The zero-order valence-corrected chi connectivity index (χ0v) is 30.8. The largest absolute Gasteiger partial charge is 0.492 e. The number of amides is 2. The standard InChI is InChI=1S/C38H40Cl3N3O5S/c1-2-49-36-19-10-9-18-34(36)44(50(47,48)30-22-20-28(39)21-23-30)26-37(45)43(25-31-32(40)16-11-17-33(31)41)35(24-27-12-5-3-6-13-27)38(46)42-29-14-7-4-8-15-29/h3,5-6,9-13,16-23,29,35H,2,4,7-8,14-15,24-26H2,1H3,(H,42,46). The minimum absolute atomic E-state index is 0.0322. The van der Waals surface area contributed by atoms with Gasteiger partial charge in [0.1, 0.15) is 18.3 Å². The van der Waals surface area contributed by atoms with Crippen LogP contribution >= 0.6 is 34.8 Å². The molecule has 1 aliphatic rings.